The summed E-state index contributed by atoms with van der Waals surface area (Å²) in [5.41, 5.74) is 0. The number of hydrogen-bond acceptors (Lipinski definition) is 2. The van der Waals surface area contributed by atoms with Gasteiger partial charge in [0, 0.05) is 32.2 Å². The predicted octanol–water partition coefficient (Wildman–Crippen LogP) is 0.690. The van der Waals surface area contributed by atoms with Gasteiger partial charge in [-0.1, -0.05) is 7.43 Å². The Morgan fingerprint density at radius 3 is 2.20 bits per heavy atom. The van der Waals surface area contributed by atoms with Crippen molar-refractivity contribution < 1.29 is 0 Å². The molecule has 0 radical (unpaired) electrons. The van der Waals surface area contributed by atoms with E-state index in [1.54, 1.807) is 0 Å². The first kappa shape index (κ1) is 8.02. The molecule has 2 fully saturated rings. The lowest BCUT2D eigenvalue weighted by Crippen LogP contribution is -2.44. The largest absolute Gasteiger partial charge is 0.314 e. The first-order chi connectivity index (χ1) is 4.47. The molecule has 60 valence electrons. The molecule has 1 saturated carbocycles. The van der Waals surface area contributed by atoms with Crippen molar-refractivity contribution in [2.75, 3.05) is 26.2 Å². The van der Waals surface area contributed by atoms with Gasteiger partial charge in [0.2, 0.25) is 0 Å². The summed E-state index contributed by atoms with van der Waals surface area (Å²) in [6.45, 7) is 4.97. The van der Waals surface area contributed by atoms with Crippen LogP contribution in [0.15, 0.2) is 0 Å². The predicted molar refractivity (Wildman–Crippen MR) is 44.2 cm³/mol. The van der Waals surface area contributed by atoms with Gasteiger partial charge in [-0.3, -0.25) is 4.90 Å². The van der Waals surface area contributed by atoms with Crippen LogP contribution in [0, 0.1) is 0 Å². The van der Waals surface area contributed by atoms with Crippen LogP contribution in [0.2, 0.25) is 0 Å². The lowest BCUT2D eigenvalue weighted by atomic mass is 10.3. The lowest BCUT2D eigenvalue weighted by Gasteiger charge is -2.26. The van der Waals surface area contributed by atoms with Gasteiger partial charge in [-0.05, 0) is 12.8 Å². The third-order valence-electron chi connectivity index (χ3n) is 2.21. The van der Waals surface area contributed by atoms with E-state index < -0.39 is 0 Å². The molecule has 2 nitrogen and oxygen atoms in total. The van der Waals surface area contributed by atoms with Gasteiger partial charge in [0.25, 0.3) is 0 Å². The van der Waals surface area contributed by atoms with Crippen LogP contribution in [0.3, 0.4) is 0 Å². The fourth-order valence-electron chi connectivity index (χ4n) is 1.49. The SMILES string of the molecule is C.C1CN(C2CC2)CCN1. The quantitative estimate of drug-likeness (QED) is 0.579. The van der Waals surface area contributed by atoms with Crippen molar-refractivity contribution in [1.29, 1.82) is 0 Å². The van der Waals surface area contributed by atoms with Crippen LogP contribution in [0.25, 0.3) is 0 Å². The maximum absolute atomic E-state index is 3.36. The van der Waals surface area contributed by atoms with Crippen LogP contribution in [0.5, 0.6) is 0 Å². The van der Waals surface area contributed by atoms with Gasteiger partial charge < -0.3 is 5.32 Å². The monoisotopic (exact) mass is 142 g/mol. The first-order valence-electron chi connectivity index (χ1n) is 3.91. The summed E-state index contributed by atoms with van der Waals surface area (Å²) in [4.78, 5) is 2.61. The number of rotatable bonds is 1. The topological polar surface area (TPSA) is 15.3 Å². The van der Waals surface area contributed by atoms with Gasteiger partial charge in [-0.2, -0.15) is 0 Å². The molecule has 2 heteroatoms. The van der Waals surface area contributed by atoms with Crippen molar-refractivity contribution in [2.24, 2.45) is 0 Å². The third kappa shape index (κ3) is 1.70. The highest BCUT2D eigenvalue weighted by Crippen LogP contribution is 2.26. The minimum absolute atomic E-state index is 0. The maximum atomic E-state index is 3.36. The summed E-state index contributed by atoms with van der Waals surface area (Å²) >= 11 is 0. The molecular weight excluding hydrogens is 124 g/mol. The van der Waals surface area contributed by atoms with E-state index in [0.29, 0.717) is 0 Å². The molecule has 1 aliphatic carbocycles. The van der Waals surface area contributed by atoms with Gasteiger partial charge in [0.05, 0.1) is 0 Å². The maximum Gasteiger partial charge on any atom is 0.0110 e. The lowest BCUT2D eigenvalue weighted by molar-refractivity contribution is 0.231. The second kappa shape index (κ2) is 3.35. The van der Waals surface area contributed by atoms with Crippen LogP contribution >= 0.6 is 0 Å². The Labute approximate surface area is 63.6 Å². The molecule has 1 aliphatic heterocycles. The first-order valence-corrected chi connectivity index (χ1v) is 3.91. The molecule has 0 amide bonds. The van der Waals surface area contributed by atoms with Crippen LogP contribution in [0.1, 0.15) is 20.3 Å². The van der Waals surface area contributed by atoms with Crippen molar-refractivity contribution in [3.63, 3.8) is 0 Å². The Morgan fingerprint density at radius 1 is 1.10 bits per heavy atom. The zero-order valence-corrected chi connectivity index (χ0v) is 5.77. The molecule has 0 bridgehead atoms. The number of hydrogen-bond donors (Lipinski definition) is 1. The smallest absolute Gasteiger partial charge is 0.0110 e. The van der Waals surface area contributed by atoms with E-state index in [9.17, 15) is 0 Å². The number of nitrogens with one attached hydrogen (secondary N) is 1. The standard InChI is InChI=1S/C7H14N2.CH4/c1-2-7(1)9-5-3-8-4-6-9;/h7-8H,1-6H2;1H4. The molecule has 0 unspecified atom stereocenters. The second-order valence-corrected chi connectivity index (χ2v) is 3.02. The van der Waals surface area contributed by atoms with Crippen LogP contribution in [-0.4, -0.2) is 37.1 Å². The molecule has 0 atom stereocenters. The molecule has 1 saturated heterocycles. The fraction of sp³-hybridized carbons (Fsp3) is 1.00. The number of piperazine rings is 1. The minimum atomic E-state index is 0. The molecule has 10 heavy (non-hydrogen) atoms. The summed E-state index contributed by atoms with van der Waals surface area (Å²) in [7, 11) is 0. The highest BCUT2D eigenvalue weighted by molar-refractivity contribution is 4.86. The Kier molecular flexibility index (Phi) is 2.69. The van der Waals surface area contributed by atoms with E-state index in [1.807, 2.05) is 0 Å². The third-order valence-corrected chi connectivity index (χ3v) is 2.21. The van der Waals surface area contributed by atoms with E-state index in [1.165, 1.54) is 39.0 Å². The van der Waals surface area contributed by atoms with E-state index in [-0.39, 0.29) is 7.43 Å². The zero-order valence-electron chi connectivity index (χ0n) is 5.77. The summed E-state index contributed by atoms with van der Waals surface area (Å²) in [6.07, 6.45) is 2.92. The Hall–Kier alpha value is -0.0800. The van der Waals surface area contributed by atoms with E-state index in [4.69, 9.17) is 0 Å². The molecule has 0 aromatic heterocycles. The average molecular weight is 142 g/mol. The van der Waals surface area contributed by atoms with Crippen molar-refractivity contribution in [2.45, 2.75) is 26.3 Å². The summed E-state index contributed by atoms with van der Waals surface area (Å²) in [5.74, 6) is 0. The fourth-order valence-corrected chi connectivity index (χ4v) is 1.49. The van der Waals surface area contributed by atoms with Gasteiger partial charge >= 0.3 is 0 Å². The van der Waals surface area contributed by atoms with E-state index in [0.717, 1.165) is 6.04 Å². The highest BCUT2D eigenvalue weighted by atomic mass is 15.2. The molecule has 1 N–H and O–H groups in total. The van der Waals surface area contributed by atoms with Gasteiger partial charge in [0.15, 0.2) is 0 Å². The van der Waals surface area contributed by atoms with E-state index >= 15 is 0 Å². The number of nitrogens with zero attached hydrogens (tertiary/aromatic N) is 1. The molecule has 1 heterocycles. The summed E-state index contributed by atoms with van der Waals surface area (Å²) in [5, 5.41) is 3.36. The molecule has 0 aromatic carbocycles. The molecule has 2 aliphatic rings. The summed E-state index contributed by atoms with van der Waals surface area (Å²) < 4.78 is 0. The van der Waals surface area contributed by atoms with Gasteiger partial charge in [0.1, 0.15) is 0 Å². The molecule has 0 spiro atoms. The summed E-state index contributed by atoms with van der Waals surface area (Å²) in [6, 6.07) is 0.979. The van der Waals surface area contributed by atoms with Crippen LogP contribution < -0.4 is 5.32 Å². The molecule has 2 rings (SSSR count). The van der Waals surface area contributed by atoms with Gasteiger partial charge in [-0.25, -0.2) is 0 Å². The van der Waals surface area contributed by atoms with Crippen molar-refractivity contribution >= 4 is 0 Å². The zero-order chi connectivity index (χ0) is 6.10. The molecule has 0 aromatic rings. The van der Waals surface area contributed by atoms with Crippen molar-refractivity contribution in [3.8, 4) is 0 Å². The average Bonchev–Trinajstić information content (AvgIpc) is 2.71. The van der Waals surface area contributed by atoms with Crippen molar-refractivity contribution in [1.82, 2.24) is 10.2 Å². The van der Waals surface area contributed by atoms with E-state index in [2.05, 4.69) is 10.2 Å². The molecular formula is C8H18N2. The normalized spacial score (nSPS) is 27.6. The van der Waals surface area contributed by atoms with Crippen LogP contribution in [-0.2, 0) is 0 Å². The van der Waals surface area contributed by atoms with Gasteiger partial charge in [-0.15, -0.1) is 0 Å². The second-order valence-electron chi connectivity index (χ2n) is 3.02. The Morgan fingerprint density at radius 2 is 1.70 bits per heavy atom. The highest BCUT2D eigenvalue weighted by Gasteiger charge is 2.28. The van der Waals surface area contributed by atoms with Crippen LogP contribution in [0.4, 0.5) is 0 Å². The van der Waals surface area contributed by atoms with Crippen molar-refractivity contribution in [3.05, 3.63) is 0 Å². The Bertz CT molecular complexity index is 93.4. The Balaban J connectivity index is 0.000000500. The minimum Gasteiger partial charge on any atom is -0.314 e.